The number of ketones is 2. The summed E-state index contributed by atoms with van der Waals surface area (Å²) >= 11 is 0. The number of Topliss-reactive ketones (excluding diaryl/α,β-unsaturated/α-hetero) is 2. The van der Waals surface area contributed by atoms with Crippen LogP contribution in [0.5, 0.6) is 5.75 Å². The van der Waals surface area contributed by atoms with Crippen molar-refractivity contribution in [2.45, 2.75) is 43.9 Å². The Labute approximate surface area is 229 Å². The van der Waals surface area contributed by atoms with Gasteiger partial charge in [-0.3, -0.25) is 19.3 Å². The van der Waals surface area contributed by atoms with Gasteiger partial charge in [0.15, 0.2) is 5.78 Å². The number of aliphatic hydroxyl groups is 1. The van der Waals surface area contributed by atoms with E-state index in [2.05, 4.69) is 5.32 Å². The minimum absolute atomic E-state index is 0.00732. The topological polar surface area (TPSA) is 118 Å². The van der Waals surface area contributed by atoms with Crippen LogP contribution in [0.1, 0.15) is 24.5 Å². The highest BCUT2D eigenvalue weighted by Crippen LogP contribution is 2.29. The van der Waals surface area contributed by atoms with Crippen molar-refractivity contribution >= 4 is 17.5 Å². The van der Waals surface area contributed by atoms with E-state index in [9.17, 15) is 19.5 Å². The van der Waals surface area contributed by atoms with E-state index in [1.807, 2.05) is 59.5 Å². The van der Waals surface area contributed by atoms with Crippen molar-refractivity contribution in [1.29, 1.82) is 0 Å². The average molecular weight is 539 g/mol. The zero-order chi connectivity index (χ0) is 27.8. The first-order valence-corrected chi connectivity index (χ1v) is 13.4. The highest BCUT2D eigenvalue weighted by Gasteiger charge is 2.50. The number of carbonyl (C=O) groups excluding carboxylic acids is 3. The first-order chi connectivity index (χ1) is 18.8. The Morgan fingerprint density at radius 3 is 2.44 bits per heavy atom. The number of aliphatic hydroxyl groups excluding tert-OH is 1. The number of rotatable bonds is 14. The first kappa shape index (κ1) is 28.9. The van der Waals surface area contributed by atoms with E-state index in [0.717, 1.165) is 11.1 Å². The monoisotopic (exact) mass is 538 g/mol. The smallest absolute Gasteiger partial charge is 0.224 e. The second-order valence-electron chi connectivity index (χ2n) is 10.5. The van der Waals surface area contributed by atoms with Gasteiger partial charge in [0.05, 0.1) is 52.2 Å². The van der Waals surface area contributed by atoms with Crippen LogP contribution in [-0.4, -0.2) is 91.8 Å². The lowest BCUT2D eigenvalue weighted by Crippen LogP contribution is -2.51. The molecule has 0 unspecified atom stereocenters. The predicted molar refractivity (Wildman–Crippen MR) is 145 cm³/mol. The zero-order valence-electron chi connectivity index (χ0n) is 22.6. The molecule has 2 fully saturated rings. The number of hydrogen-bond acceptors (Lipinski definition) is 8. The molecule has 2 saturated heterocycles. The summed E-state index contributed by atoms with van der Waals surface area (Å²) in [5.41, 5.74) is 0.904. The van der Waals surface area contributed by atoms with Gasteiger partial charge in [-0.15, -0.1) is 0 Å². The summed E-state index contributed by atoms with van der Waals surface area (Å²) < 4.78 is 16.1. The van der Waals surface area contributed by atoms with Gasteiger partial charge in [0.1, 0.15) is 17.1 Å². The van der Waals surface area contributed by atoms with E-state index in [4.69, 9.17) is 14.2 Å². The number of epoxide rings is 1. The van der Waals surface area contributed by atoms with Crippen LogP contribution >= 0.6 is 0 Å². The normalized spacial score (nSPS) is 22.5. The van der Waals surface area contributed by atoms with Gasteiger partial charge in [-0.1, -0.05) is 42.5 Å². The highest BCUT2D eigenvalue weighted by atomic mass is 16.6. The Balaban J connectivity index is 1.50. The number of nitrogens with one attached hydrogen (secondary N) is 1. The molecule has 0 saturated carbocycles. The molecule has 4 atom stereocenters. The van der Waals surface area contributed by atoms with Gasteiger partial charge >= 0.3 is 0 Å². The van der Waals surface area contributed by atoms with Gasteiger partial charge in [-0.25, -0.2) is 0 Å². The number of methoxy groups -OCH3 is 1. The maximum absolute atomic E-state index is 13.7. The fraction of sp³-hybridized carbons (Fsp3) is 0.500. The highest BCUT2D eigenvalue weighted by molar-refractivity contribution is 5.97. The number of nitrogens with zero attached hydrogens (tertiary/aromatic N) is 1. The summed E-state index contributed by atoms with van der Waals surface area (Å²) in [6.07, 6.45) is 0.668. The summed E-state index contributed by atoms with van der Waals surface area (Å²) in [6, 6.07) is 15.9. The molecular weight excluding hydrogens is 500 g/mol. The van der Waals surface area contributed by atoms with Crippen LogP contribution in [-0.2, 0) is 36.7 Å². The number of benzene rings is 2. The SMILES string of the molecule is COc1ccc(C[C@H](CC(=O)CN2CCOC[C@@H]2CO)C(=O)N[C@@H](Cc2ccccc2)C(=O)[C@@]2(C)CO2)cc1. The number of morpholine rings is 1. The Bertz CT molecular complexity index is 1120. The van der Waals surface area contributed by atoms with Crippen LogP contribution in [0.4, 0.5) is 0 Å². The molecule has 2 aromatic carbocycles. The summed E-state index contributed by atoms with van der Waals surface area (Å²) in [7, 11) is 1.59. The second kappa shape index (κ2) is 13.3. The third-order valence-corrected chi connectivity index (χ3v) is 7.44. The Morgan fingerprint density at radius 2 is 1.79 bits per heavy atom. The molecule has 2 heterocycles. The van der Waals surface area contributed by atoms with Gasteiger partial charge in [0.2, 0.25) is 5.91 Å². The first-order valence-electron chi connectivity index (χ1n) is 13.4. The molecule has 4 rings (SSSR count). The second-order valence-corrected chi connectivity index (χ2v) is 10.5. The lowest BCUT2D eigenvalue weighted by molar-refractivity contribution is -0.134. The van der Waals surface area contributed by atoms with E-state index in [1.54, 1.807) is 14.0 Å². The third-order valence-electron chi connectivity index (χ3n) is 7.44. The molecule has 0 bridgehead atoms. The van der Waals surface area contributed by atoms with Crippen molar-refractivity contribution in [3.8, 4) is 5.75 Å². The molecule has 0 aliphatic carbocycles. The van der Waals surface area contributed by atoms with Crippen molar-refractivity contribution in [3.05, 3.63) is 65.7 Å². The molecule has 2 aromatic rings. The molecule has 2 N–H and O–H groups in total. The van der Waals surface area contributed by atoms with Gasteiger partial charge in [-0.2, -0.15) is 0 Å². The molecule has 1 amide bonds. The van der Waals surface area contributed by atoms with Gasteiger partial charge < -0.3 is 24.6 Å². The molecule has 0 spiro atoms. The largest absolute Gasteiger partial charge is 0.497 e. The molecule has 39 heavy (non-hydrogen) atoms. The number of ether oxygens (including phenoxy) is 3. The van der Waals surface area contributed by atoms with Crippen LogP contribution in [0.2, 0.25) is 0 Å². The van der Waals surface area contributed by atoms with E-state index in [-0.39, 0.29) is 43.1 Å². The number of carbonyl (C=O) groups is 3. The lowest BCUT2D eigenvalue weighted by atomic mass is 9.90. The molecule has 0 aromatic heterocycles. The van der Waals surface area contributed by atoms with Gasteiger partial charge in [-0.05, 0) is 43.0 Å². The fourth-order valence-corrected chi connectivity index (χ4v) is 4.90. The lowest BCUT2D eigenvalue weighted by Gasteiger charge is -2.34. The molecular formula is C30H38N2O7. The van der Waals surface area contributed by atoms with E-state index >= 15 is 0 Å². The van der Waals surface area contributed by atoms with Crippen molar-refractivity contribution in [2.24, 2.45) is 5.92 Å². The minimum Gasteiger partial charge on any atom is -0.497 e. The summed E-state index contributed by atoms with van der Waals surface area (Å²) in [5, 5.41) is 12.6. The Hall–Kier alpha value is -3.11. The summed E-state index contributed by atoms with van der Waals surface area (Å²) in [5.74, 6) is -0.609. The Kier molecular flexibility index (Phi) is 9.85. The maximum Gasteiger partial charge on any atom is 0.224 e. The number of hydrogen-bond donors (Lipinski definition) is 2. The van der Waals surface area contributed by atoms with E-state index in [1.165, 1.54) is 0 Å². The van der Waals surface area contributed by atoms with Gasteiger partial charge in [0.25, 0.3) is 0 Å². The molecule has 0 radical (unpaired) electrons. The number of amides is 1. The molecule has 210 valence electrons. The van der Waals surface area contributed by atoms with Crippen molar-refractivity contribution in [1.82, 2.24) is 10.2 Å². The van der Waals surface area contributed by atoms with Crippen LogP contribution in [0.25, 0.3) is 0 Å². The van der Waals surface area contributed by atoms with E-state index < -0.39 is 17.6 Å². The van der Waals surface area contributed by atoms with Crippen LogP contribution in [0.15, 0.2) is 54.6 Å². The van der Waals surface area contributed by atoms with Crippen molar-refractivity contribution < 1.29 is 33.7 Å². The quantitative estimate of drug-likeness (QED) is 0.348. The molecule has 2 aliphatic rings. The molecule has 9 heteroatoms. The van der Waals surface area contributed by atoms with Gasteiger partial charge in [0, 0.05) is 18.9 Å². The summed E-state index contributed by atoms with van der Waals surface area (Å²) in [6.45, 7) is 3.47. The van der Waals surface area contributed by atoms with Crippen LogP contribution < -0.4 is 10.1 Å². The average Bonchev–Trinajstić information content (AvgIpc) is 3.71. The van der Waals surface area contributed by atoms with E-state index in [0.29, 0.717) is 45.0 Å². The molecule has 9 nitrogen and oxygen atoms in total. The third kappa shape index (κ3) is 7.95. The maximum atomic E-state index is 13.7. The minimum atomic E-state index is -0.899. The standard InChI is InChI=1S/C30H38N2O7/c1-30(20-39-30)28(35)27(15-21-6-4-3-5-7-21)31-29(36)23(14-22-8-10-26(37-2)11-9-22)16-25(34)17-32-12-13-38-19-24(32)18-33/h3-11,23-24,27,33H,12-20H2,1-2H3,(H,31,36)/t23-,24+,27+,30-/m1/s1. The van der Waals surface area contributed by atoms with Crippen LogP contribution in [0.3, 0.4) is 0 Å². The summed E-state index contributed by atoms with van der Waals surface area (Å²) in [4.78, 5) is 42.1. The molecule has 2 aliphatic heterocycles. The zero-order valence-corrected chi connectivity index (χ0v) is 22.6. The van der Waals surface area contributed by atoms with Crippen LogP contribution in [0, 0.1) is 5.92 Å². The van der Waals surface area contributed by atoms with Crippen molar-refractivity contribution in [2.75, 3.05) is 46.6 Å². The fourth-order valence-electron chi connectivity index (χ4n) is 4.90. The van der Waals surface area contributed by atoms with Crippen molar-refractivity contribution in [3.63, 3.8) is 0 Å². The predicted octanol–water partition coefficient (Wildman–Crippen LogP) is 1.59. The Morgan fingerprint density at radius 1 is 1.10 bits per heavy atom.